The lowest BCUT2D eigenvalue weighted by molar-refractivity contribution is 0.182. The molecule has 0 aliphatic rings. The van der Waals surface area contributed by atoms with Crippen LogP contribution < -0.4 is 9.46 Å². The minimum Gasteiger partial charge on any atom is -0.495 e. The molecule has 2 aromatic carbocycles. The summed E-state index contributed by atoms with van der Waals surface area (Å²) in [5.41, 5.74) is 0.653. The zero-order chi connectivity index (χ0) is 15.3. The van der Waals surface area contributed by atoms with Gasteiger partial charge in [-0.2, -0.15) is 0 Å². The molecule has 2 N–H and O–H groups in total. The van der Waals surface area contributed by atoms with Crippen molar-refractivity contribution in [1.29, 1.82) is 0 Å². The van der Waals surface area contributed by atoms with E-state index in [4.69, 9.17) is 4.74 Å². The number of methoxy groups -OCH3 is 1. The van der Waals surface area contributed by atoms with Gasteiger partial charge in [0.25, 0.3) is 0 Å². The average molecular weight is 307 g/mol. The molecular weight excluding hydrogens is 290 g/mol. The number of sulfonamides is 1. The molecule has 0 amide bonds. The third-order valence-electron chi connectivity index (χ3n) is 3.01. The van der Waals surface area contributed by atoms with Gasteiger partial charge in [0.05, 0.1) is 13.2 Å². The molecule has 6 heteroatoms. The highest BCUT2D eigenvalue weighted by Crippen LogP contribution is 2.23. The molecule has 0 bridgehead atoms. The lowest BCUT2D eigenvalue weighted by Gasteiger charge is -2.14. The van der Waals surface area contributed by atoms with Crippen molar-refractivity contribution in [2.45, 2.75) is 11.0 Å². The van der Waals surface area contributed by atoms with Crippen LogP contribution in [0, 0.1) is 0 Å². The summed E-state index contributed by atoms with van der Waals surface area (Å²) in [6.45, 7) is -0.107. The van der Waals surface area contributed by atoms with E-state index < -0.39 is 16.1 Å². The van der Waals surface area contributed by atoms with Crippen molar-refractivity contribution in [2.24, 2.45) is 0 Å². The van der Waals surface area contributed by atoms with Gasteiger partial charge in [0.15, 0.2) is 0 Å². The quantitative estimate of drug-likeness (QED) is 0.852. The van der Waals surface area contributed by atoms with Gasteiger partial charge in [-0.15, -0.1) is 0 Å². The van der Waals surface area contributed by atoms with Crippen LogP contribution in [0.4, 0.5) is 0 Å². The fourth-order valence-electron chi connectivity index (χ4n) is 1.90. The number of aliphatic hydroxyl groups excluding tert-OH is 1. The SMILES string of the molecule is COc1ccccc1S(=O)(=O)NCC(O)c1ccccc1. The molecule has 21 heavy (non-hydrogen) atoms. The molecule has 112 valence electrons. The summed E-state index contributed by atoms with van der Waals surface area (Å²) in [5, 5.41) is 10.00. The van der Waals surface area contributed by atoms with Crippen molar-refractivity contribution in [2.75, 3.05) is 13.7 Å². The van der Waals surface area contributed by atoms with Gasteiger partial charge in [0, 0.05) is 6.54 Å². The van der Waals surface area contributed by atoms with Gasteiger partial charge < -0.3 is 9.84 Å². The summed E-state index contributed by atoms with van der Waals surface area (Å²) in [4.78, 5) is 0.0489. The van der Waals surface area contributed by atoms with E-state index in [9.17, 15) is 13.5 Å². The fourth-order valence-corrected chi connectivity index (χ4v) is 3.11. The Hall–Kier alpha value is -1.89. The van der Waals surface area contributed by atoms with Gasteiger partial charge in [-0.25, -0.2) is 13.1 Å². The molecular formula is C15H17NO4S. The molecule has 0 fully saturated rings. The monoisotopic (exact) mass is 307 g/mol. The Balaban J connectivity index is 2.12. The van der Waals surface area contributed by atoms with Crippen molar-refractivity contribution >= 4 is 10.0 Å². The van der Waals surface area contributed by atoms with Gasteiger partial charge in [0.2, 0.25) is 10.0 Å². The highest BCUT2D eigenvalue weighted by atomic mass is 32.2. The molecule has 2 aromatic rings. The van der Waals surface area contributed by atoms with E-state index in [2.05, 4.69) is 4.72 Å². The Kier molecular flexibility index (Phi) is 4.95. The number of ether oxygens (including phenoxy) is 1. The topological polar surface area (TPSA) is 75.6 Å². The van der Waals surface area contributed by atoms with E-state index in [1.807, 2.05) is 6.07 Å². The van der Waals surface area contributed by atoms with Gasteiger partial charge in [-0.1, -0.05) is 42.5 Å². The summed E-state index contributed by atoms with van der Waals surface area (Å²) in [7, 11) is -2.33. The van der Waals surface area contributed by atoms with E-state index in [1.54, 1.807) is 42.5 Å². The minimum absolute atomic E-state index is 0.0489. The maximum atomic E-state index is 12.2. The second kappa shape index (κ2) is 6.71. The van der Waals surface area contributed by atoms with E-state index in [-0.39, 0.29) is 17.2 Å². The first-order chi connectivity index (χ1) is 10.0. The first-order valence-corrected chi connectivity index (χ1v) is 7.88. The zero-order valence-corrected chi connectivity index (χ0v) is 12.4. The lowest BCUT2D eigenvalue weighted by Crippen LogP contribution is -2.28. The van der Waals surface area contributed by atoms with Crippen LogP contribution in [0.2, 0.25) is 0 Å². The molecule has 0 spiro atoms. The van der Waals surface area contributed by atoms with Crippen molar-refractivity contribution < 1.29 is 18.3 Å². The third kappa shape index (κ3) is 3.81. The first kappa shape index (κ1) is 15.5. The molecule has 0 aliphatic carbocycles. The second-order valence-corrected chi connectivity index (χ2v) is 6.16. The molecule has 0 aliphatic heterocycles. The van der Waals surface area contributed by atoms with E-state index >= 15 is 0 Å². The highest BCUT2D eigenvalue weighted by Gasteiger charge is 2.20. The van der Waals surface area contributed by atoms with Crippen molar-refractivity contribution in [3.63, 3.8) is 0 Å². The van der Waals surface area contributed by atoms with Crippen LogP contribution in [0.5, 0.6) is 5.75 Å². The number of rotatable bonds is 6. The number of para-hydroxylation sites is 1. The number of nitrogens with one attached hydrogen (secondary N) is 1. The molecule has 0 saturated heterocycles. The molecule has 5 nitrogen and oxygen atoms in total. The predicted octanol–water partition coefficient (Wildman–Crippen LogP) is 1.71. The zero-order valence-electron chi connectivity index (χ0n) is 11.6. The number of benzene rings is 2. The van der Waals surface area contributed by atoms with Gasteiger partial charge in [0.1, 0.15) is 10.6 Å². The molecule has 0 saturated carbocycles. The average Bonchev–Trinajstić information content (AvgIpc) is 2.53. The Bertz CT molecular complexity index is 686. The van der Waals surface area contributed by atoms with Crippen LogP contribution in [0.1, 0.15) is 11.7 Å². The smallest absolute Gasteiger partial charge is 0.244 e. The third-order valence-corrected chi connectivity index (χ3v) is 4.47. The predicted molar refractivity (Wildman–Crippen MR) is 79.6 cm³/mol. The Morgan fingerprint density at radius 2 is 1.71 bits per heavy atom. The van der Waals surface area contributed by atoms with E-state index in [1.165, 1.54) is 13.2 Å². The summed E-state index contributed by atoms with van der Waals surface area (Å²) in [6.07, 6.45) is -0.907. The van der Waals surface area contributed by atoms with Crippen LogP contribution >= 0.6 is 0 Å². The highest BCUT2D eigenvalue weighted by molar-refractivity contribution is 7.89. The summed E-state index contributed by atoms with van der Waals surface area (Å²) in [6, 6.07) is 15.2. The maximum absolute atomic E-state index is 12.2. The fraction of sp³-hybridized carbons (Fsp3) is 0.200. The normalized spacial score (nSPS) is 12.9. The second-order valence-electron chi connectivity index (χ2n) is 4.43. The van der Waals surface area contributed by atoms with E-state index in [0.29, 0.717) is 5.56 Å². The van der Waals surface area contributed by atoms with Gasteiger partial charge >= 0.3 is 0 Å². The summed E-state index contributed by atoms with van der Waals surface area (Å²) >= 11 is 0. The van der Waals surface area contributed by atoms with Crippen molar-refractivity contribution in [1.82, 2.24) is 4.72 Å². The van der Waals surface area contributed by atoms with Crippen molar-refractivity contribution in [3.05, 3.63) is 60.2 Å². The molecule has 0 radical (unpaired) electrons. The van der Waals surface area contributed by atoms with Gasteiger partial charge in [-0.3, -0.25) is 0 Å². The van der Waals surface area contributed by atoms with Crippen LogP contribution in [-0.4, -0.2) is 27.2 Å². The number of hydrogen-bond donors (Lipinski definition) is 2. The first-order valence-electron chi connectivity index (χ1n) is 6.40. The van der Waals surface area contributed by atoms with Crippen molar-refractivity contribution in [3.8, 4) is 5.75 Å². The van der Waals surface area contributed by atoms with E-state index in [0.717, 1.165) is 0 Å². The Morgan fingerprint density at radius 1 is 1.10 bits per heavy atom. The van der Waals surface area contributed by atoms with Crippen LogP contribution in [0.25, 0.3) is 0 Å². The standard InChI is InChI=1S/C15H17NO4S/c1-20-14-9-5-6-10-15(14)21(18,19)16-11-13(17)12-7-3-2-4-8-12/h2-10,13,16-17H,11H2,1H3. The molecule has 1 unspecified atom stereocenters. The Labute approximate surface area is 124 Å². The summed E-state index contributed by atoms with van der Waals surface area (Å²) in [5.74, 6) is 0.263. The molecule has 2 rings (SSSR count). The minimum atomic E-state index is -3.74. The molecule has 0 heterocycles. The Morgan fingerprint density at radius 3 is 2.38 bits per heavy atom. The molecule has 0 aromatic heterocycles. The summed E-state index contributed by atoms with van der Waals surface area (Å²) < 4.78 is 31.9. The largest absolute Gasteiger partial charge is 0.495 e. The number of aliphatic hydroxyl groups is 1. The number of hydrogen-bond acceptors (Lipinski definition) is 4. The van der Waals surface area contributed by atoms with Crippen LogP contribution in [0.3, 0.4) is 0 Å². The molecule has 1 atom stereocenters. The van der Waals surface area contributed by atoms with Gasteiger partial charge in [-0.05, 0) is 17.7 Å². The van der Waals surface area contributed by atoms with Crippen LogP contribution in [0.15, 0.2) is 59.5 Å². The van der Waals surface area contributed by atoms with Crippen LogP contribution in [-0.2, 0) is 10.0 Å². The maximum Gasteiger partial charge on any atom is 0.244 e. The lowest BCUT2D eigenvalue weighted by atomic mass is 10.1.